The molecule has 0 bridgehead atoms. The maximum atomic E-state index is 11.1. The first-order valence-electron chi connectivity index (χ1n) is 3.50. The molecule has 0 saturated heterocycles. The summed E-state index contributed by atoms with van der Waals surface area (Å²) in [6, 6.07) is 5.04. The second kappa shape index (κ2) is 2.17. The molecule has 0 aliphatic carbocycles. The summed E-state index contributed by atoms with van der Waals surface area (Å²) in [6.07, 6.45) is 0. The average Bonchev–Trinajstić information content (AvgIpc) is 2.31. The largest absolute Gasteiger partial charge is 0.318 e. The van der Waals surface area contributed by atoms with Crippen LogP contribution in [0.1, 0.15) is 15.9 Å². The van der Waals surface area contributed by atoms with Gasteiger partial charge in [0.2, 0.25) is 0 Å². The molecule has 1 amide bonds. The number of ketones is 1. The Bertz CT molecular complexity index is 382. The lowest BCUT2D eigenvalue weighted by Gasteiger charge is -1.96. The van der Waals surface area contributed by atoms with Gasteiger partial charge >= 0.3 is 0 Å². The summed E-state index contributed by atoms with van der Waals surface area (Å²) < 4.78 is 0. The van der Waals surface area contributed by atoms with Gasteiger partial charge in [0.1, 0.15) is 0 Å². The second-order valence-electron chi connectivity index (χ2n) is 2.66. The molecule has 1 aromatic rings. The van der Waals surface area contributed by atoms with Crippen molar-refractivity contribution in [3.8, 4) is 0 Å². The summed E-state index contributed by atoms with van der Waals surface area (Å²) in [7, 11) is 0. The molecule has 3 nitrogen and oxygen atoms in total. The quantitative estimate of drug-likeness (QED) is 0.575. The first-order chi connectivity index (χ1) is 5.68. The van der Waals surface area contributed by atoms with E-state index in [1.807, 2.05) is 0 Å². The maximum Gasteiger partial charge on any atom is 0.296 e. The second-order valence-corrected chi connectivity index (χ2v) is 2.66. The third-order valence-electron chi connectivity index (χ3n) is 1.78. The molecule has 0 fully saturated rings. The van der Waals surface area contributed by atoms with Crippen LogP contribution in [0.2, 0.25) is 0 Å². The number of benzene rings is 1. The van der Waals surface area contributed by atoms with Crippen molar-refractivity contribution in [2.75, 3.05) is 5.32 Å². The van der Waals surface area contributed by atoms with Gasteiger partial charge in [0.15, 0.2) is 0 Å². The number of carbonyl (C=O) groups excluding carboxylic acids is 2. The first kappa shape index (κ1) is 7.03. The molecule has 1 aromatic carbocycles. The Balaban J connectivity index is 2.63. The Morgan fingerprint density at radius 3 is 2.75 bits per heavy atom. The minimum atomic E-state index is -0.560. The van der Waals surface area contributed by atoms with Crippen LogP contribution in [0.3, 0.4) is 0 Å². The van der Waals surface area contributed by atoms with Gasteiger partial charge in [-0.25, -0.2) is 0 Å². The normalized spacial score (nSPS) is 14.4. The number of fused-ring (bicyclic) bond motifs is 1. The van der Waals surface area contributed by atoms with Gasteiger partial charge in [-0.3, -0.25) is 9.59 Å². The molecule has 0 aromatic heterocycles. The van der Waals surface area contributed by atoms with E-state index in [-0.39, 0.29) is 0 Å². The average molecular weight is 160 g/mol. The number of carbonyl (C=O) groups is 2. The van der Waals surface area contributed by atoms with Gasteiger partial charge in [-0.1, -0.05) is 6.07 Å². The summed E-state index contributed by atoms with van der Waals surface area (Å²) in [5.74, 6) is -1.04. The molecule has 12 heavy (non-hydrogen) atoms. The van der Waals surface area contributed by atoms with Crippen LogP contribution in [0.25, 0.3) is 0 Å². The third kappa shape index (κ3) is 0.830. The fourth-order valence-corrected chi connectivity index (χ4v) is 1.19. The Morgan fingerprint density at radius 2 is 2.00 bits per heavy atom. The van der Waals surface area contributed by atoms with Crippen molar-refractivity contribution in [1.29, 1.82) is 0 Å². The van der Waals surface area contributed by atoms with Crippen LogP contribution in [0.15, 0.2) is 18.2 Å². The molecule has 2 rings (SSSR count). The van der Waals surface area contributed by atoms with Crippen LogP contribution in [-0.4, -0.2) is 11.7 Å². The van der Waals surface area contributed by atoms with Crippen molar-refractivity contribution in [2.45, 2.75) is 0 Å². The Hall–Kier alpha value is -1.64. The number of Topliss-reactive ketones (excluding diaryl/α,β-unsaturated/α-hetero) is 1. The molecule has 59 valence electrons. The molecular formula is C9H6NO2. The van der Waals surface area contributed by atoms with Crippen molar-refractivity contribution >= 4 is 17.4 Å². The van der Waals surface area contributed by atoms with Crippen molar-refractivity contribution in [1.82, 2.24) is 0 Å². The third-order valence-corrected chi connectivity index (χ3v) is 1.78. The summed E-state index contributed by atoms with van der Waals surface area (Å²) >= 11 is 0. The fourth-order valence-electron chi connectivity index (χ4n) is 1.19. The molecule has 0 saturated carbocycles. The number of hydrogen-bond donors (Lipinski definition) is 1. The minimum Gasteiger partial charge on any atom is -0.318 e. The van der Waals surface area contributed by atoms with Crippen LogP contribution in [0.5, 0.6) is 0 Å². The highest BCUT2D eigenvalue weighted by molar-refractivity contribution is 6.51. The van der Waals surface area contributed by atoms with E-state index in [9.17, 15) is 9.59 Å². The molecule has 3 heteroatoms. The Kier molecular flexibility index (Phi) is 1.27. The highest BCUT2D eigenvalue weighted by Gasteiger charge is 2.27. The molecule has 1 aliphatic heterocycles. The van der Waals surface area contributed by atoms with Gasteiger partial charge in [0.05, 0.1) is 11.3 Å². The smallest absolute Gasteiger partial charge is 0.296 e. The van der Waals surface area contributed by atoms with Gasteiger partial charge < -0.3 is 5.32 Å². The zero-order valence-corrected chi connectivity index (χ0v) is 6.26. The van der Waals surface area contributed by atoms with E-state index in [4.69, 9.17) is 0 Å². The summed E-state index contributed by atoms with van der Waals surface area (Å²) in [5, 5.41) is 2.46. The Morgan fingerprint density at radius 1 is 1.25 bits per heavy atom. The maximum absolute atomic E-state index is 11.1. The summed E-state index contributed by atoms with van der Waals surface area (Å²) in [4.78, 5) is 22.0. The van der Waals surface area contributed by atoms with Crippen molar-refractivity contribution < 1.29 is 9.59 Å². The SMILES string of the molecule is [CH2]c1ccc2c(c1)C(=O)C(=O)N2. The molecule has 0 unspecified atom stereocenters. The lowest BCUT2D eigenvalue weighted by atomic mass is 10.1. The van der Waals surface area contributed by atoms with Crippen LogP contribution in [-0.2, 0) is 4.79 Å². The number of amides is 1. The molecule has 1 heterocycles. The number of nitrogens with one attached hydrogen (secondary N) is 1. The van der Waals surface area contributed by atoms with Crippen LogP contribution < -0.4 is 5.32 Å². The first-order valence-corrected chi connectivity index (χ1v) is 3.50. The van der Waals surface area contributed by atoms with Gasteiger partial charge in [-0.15, -0.1) is 0 Å². The van der Waals surface area contributed by atoms with E-state index in [0.29, 0.717) is 11.3 Å². The zero-order valence-electron chi connectivity index (χ0n) is 6.26. The van der Waals surface area contributed by atoms with Crippen molar-refractivity contribution in [2.24, 2.45) is 0 Å². The monoisotopic (exact) mass is 160 g/mol. The van der Waals surface area contributed by atoms with Gasteiger partial charge in [0.25, 0.3) is 11.7 Å². The van der Waals surface area contributed by atoms with E-state index < -0.39 is 11.7 Å². The number of anilines is 1. The molecule has 0 spiro atoms. The topological polar surface area (TPSA) is 46.2 Å². The van der Waals surface area contributed by atoms with Crippen LogP contribution >= 0.6 is 0 Å². The van der Waals surface area contributed by atoms with Gasteiger partial charge in [-0.05, 0) is 24.6 Å². The predicted octanol–water partition coefficient (Wildman–Crippen LogP) is 1.00. The standard InChI is InChI=1S/C9H6NO2/c1-5-2-3-7-6(4-5)8(11)9(12)10-7/h2-4H,1H2,(H,10,11,12). The number of hydrogen-bond acceptors (Lipinski definition) is 2. The molecule has 0 atom stereocenters. The van der Waals surface area contributed by atoms with Gasteiger partial charge in [0, 0.05) is 0 Å². The molecule has 1 radical (unpaired) electrons. The Labute approximate surface area is 69.4 Å². The van der Waals surface area contributed by atoms with Gasteiger partial charge in [-0.2, -0.15) is 0 Å². The minimum absolute atomic E-state index is 0.424. The highest BCUT2D eigenvalue weighted by Crippen LogP contribution is 2.23. The summed E-state index contributed by atoms with van der Waals surface area (Å²) in [5.41, 5.74) is 1.74. The van der Waals surface area contributed by atoms with Crippen molar-refractivity contribution in [3.63, 3.8) is 0 Å². The molecular weight excluding hydrogens is 154 g/mol. The lowest BCUT2D eigenvalue weighted by Crippen LogP contribution is -2.12. The van der Waals surface area contributed by atoms with E-state index >= 15 is 0 Å². The molecule has 1 aliphatic rings. The fraction of sp³-hybridized carbons (Fsp3) is 0. The molecule has 1 N–H and O–H groups in total. The van der Waals surface area contributed by atoms with Crippen molar-refractivity contribution in [3.05, 3.63) is 36.2 Å². The van der Waals surface area contributed by atoms with E-state index in [2.05, 4.69) is 12.2 Å². The van der Waals surface area contributed by atoms with Crippen LogP contribution in [0.4, 0.5) is 5.69 Å². The number of rotatable bonds is 0. The summed E-state index contributed by atoms with van der Waals surface area (Å²) in [6.45, 7) is 3.67. The van der Waals surface area contributed by atoms with E-state index in [0.717, 1.165) is 5.56 Å². The zero-order chi connectivity index (χ0) is 8.72. The highest BCUT2D eigenvalue weighted by atomic mass is 16.2. The lowest BCUT2D eigenvalue weighted by molar-refractivity contribution is -0.112. The predicted molar refractivity (Wildman–Crippen MR) is 43.9 cm³/mol. The van der Waals surface area contributed by atoms with E-state index in [1.165, 1.54) is 0 Å². The van der Waals surface area contributed by atoms with E-state index in [1.54, 1.807) is 18.2 Å². The van der Waals surface area contributed by atoms with Crippen LogP contribution in [0, 0.1) is 6.92 Å².